The van der Waals surface area contributed by atoms with Crippen LogP contribution in [0.1, 0.15) is 56.6 Å². The highest BCUT2D eigenvalue weighted by Crippen LogP contribution is 2.23. The van der Waals surface area contributed by atoms with Crippen molar-refractivity contribution >= 4 is 17.8 Å². The number of nitrogens with zero attached hydrogens (tertiary/aromatic N) is 3. The van der Waals surface area contributed by atoms with E-state index in [2.05, 4.69) is 18.3 Å². The van der Waals surface area contributed by atoms with Gasteiger partial charge in [-0.15, -0.1) is 0 Å². The highest BCUT2D eigenvalue weighted by atomic mass is 16.2. The maximum absolute atomic E-state index is 12.8. The van der Waals surface area contributed by atoms with Gasteiger partial charge in [0.1, 0.15) is 0 Å². The summed E-state index contributed by atoms with van der Waals surface area (Å²) in [4.78, 5) is 43.1. The summed E-state index contributed by atoms with van der Waals surface area (Å²) >= 11 is 0. The van der Waals surface area contributed by atoms with Crippen LogP contribution in [0.15, 0.2) is 24.3 Å². The molecule has 174 valence electrons. The lowest BCUT2D eigenvalue weighted by Crippen LogP contribution is -2.48. The van der Waals surface area contributed by atoms with E-state index in [-0.39, 0.29) is 23.8 Å². The van der Waals surface area contributed by atoms with Gasteiger partial charge in [-0.25, -0.2) is 4.79 Å². The number of piperidine rings is 2. The zero-order valence-electron chi connectivity index (χ0n) is 19.2. The summed E-state index contributed by atoms with van der Waals surface area (Å²) < 4.78 is 0. The lowest BCUT2D eigenvalue weighted by Gasteiger charge is -2.37. The van der Waals surface area contributed by atoms with Crippen LogP contribution < -0.4 is 5.32 Å². The number of urea groups is 1. The highest BCUT2D eigenvalue weighted by molar-refractivity contribution is 5.80. The molecule has 1 N–H and O–H groups in total. The Morgan fingerprint density at radius 3 is 2.50 bits per heavy atom. The maximum atomic E-state index is 12.8. The summed E-state index contributed by atoms with van der Waals surface area (Å²) in [6, 6.07) is 8.01. The molecule has 0 aromatic heterocycles. The van der Waals surface area contributed by atoms with E-state index < -0.39 is 0 Å². The van der Waals surface area contributed by atoms with Gasteiger partial charge in [-0.3, -0.25) is 9.59 Å². The Bertz CT molecular complexity index is 834. The third kappa shape index (κ3) is 5.61. The van der Waals surface area contributed by atoms with E-state index in [0.29, 0.717) is 38.5 Å². The summed E-state index contributed by atoms with van der Waals surface area (Å²) in [7, 11) is 0. The van der Waals surface area contributed by atoms with E-state index in [1.165, 1.54) is 6.42 Å². The van der Waals surface area contributed by atoms with Crippen molar-refractivity contribution in [2.45, 2.75) is 58.5 Å². The molecule has 3 aliphatic heterocycles. The van der Waals surface area contributed by atoms with Gasteiger partial charge in [-0.1, -0.05) is 31.2 Å². The average Bonchev–Trinajstić information content (AvgIpc) is 3.21. The molecule has 3 heterocycles. The number of carbonyl (C=O) groups is 3. The second-order valence-electron chi connectivity index (χ2n) is 9.69. The highest BCUT2D eigenvalue weighted by Gasteiger charge is 2.31. The normalized spacial score (nSPS) is 22.3. The molecule has 0 saturated carbocycles. The number of likely N-dealkylation sites (tertiary alicyclic amines) is 3. The molecule has 4 amide bonds. The summed E-state index contributed by atoms with van der Waals surface area (Å²) in [6.07, 6.45) is 5.39. The van der Waals surface area contributed by atoms with E-state index in [9.17, 15) is 14.4 Å². The molecule has 4 rings (SSSR count). The van der Waals surface area contributed by atoms with Crippen LogP contribution in [0, 0.1) is 11.8 Å². The Balaban J connectivity index is 1.22. The van der Waals surface area contributed by atoms with E-state index in [4.69, 9.17) is 0 Å². The summed E-state index contributed by atoms with van der Waals surface area (Å²) in [5.41, 5.74) is 2.13. The molecule has 1 aromatic carbocycles. The number of amides is 4. The third-order valence-corrected chi connectivity index (χ3v) is 7.08. The monoisotopic (exact) mass is 440 g/mol. The van der Waals surface area contributed by atoms with Crippen molar-refractivity contribution in [1.82, 2.24) is 20.0 Å². The SMILES string of the molecule is CC1CCCN(C(=O)C2CCN(C(=O)NCc3cccc(CN4CCCC4=O)c3)CC2)C1. The lowest BCUT2D eigenvalue weighted by atomic mass is 9.93. The summed E-state index contributed by atoms with van der Waals surface area (Å²) in [6.45, 7) is 7.16. The van der Waals surface area contributed by atoms with Crippen LogP contribution in [-0.2, 0) is 22.7 Å². The third-order valence-electron chi connectivity index (χ3n) is 7.08. The predicted octanol–water partition coefficient (Wildman–Crippen LogP) is 2.99. The van der Waals surface area contributed by atoms with Crippen LogP contribution in [-0.4, -0.2) is 65.3 Å². The molecule has 0 aliphatic carbocycles. The van der Waals surface area contributed by atoms with Crippen LogP contribution in [0.2, 0.25) is 0 Å². The van der Waals surface area contributed by atoms with Gasteiger partial charge >= 0.3 is 6.03 Å². The largest absolute Gasteiger partial charge is 0.342 e. The van der Waals surface area contributed by atoms with Crippen LogP contribution in [0.5, 0.6) is 0 Å². The Morgan fingerprint density at radius 1 is 1.00 bits per heavy atom. The molecule has 1 atom stereocenters. The second-order valence-corrected chi connectivity index (χ2v) is 9.69. The minimum atomic E-state index is -0.0670. The molecule has 3 fully saturated rings. The number of benzene rings is 1. The van der Waals surface area contributed by atoms with Gasteiger partial charge in [-0.2, -0.15) is 0 Å². The quantitative estimate of drug-likeness (QED) is 0.765. The smallest absolute Gasteiger partial charge is 0.317 e. The van der Waals surface area contributed by atoms with Crippen molar-refractivity contribution in [2.75, 3.05) is 32.7 Å². The molecule has 7 heteroatoms. The topological polar surface area (TPSA) is 73.0 Å². The minimum Gasteiger partial charge on any atom is -0.342 e. The molecular formula is C25H36N4O3. The fraction of sp³-hybridized carbons (Fsp3) is 0.640. The zero-order valence-corrected chi connectivity index (χ0v) is 19.2. The Kier molecular flexibility index (Phi) is 7.33. The van der Waals surface area contributed by atoms with Crippen LogP contribution >= 0.6 is 0 Å². The first-order valence-electron chi connectivity index (χ1n) is 12.2. The molecule has 0 bridgehead atoms. The first-order chi connectivity index (χ1) is 15.5. The standard InChI is InChI=1S/C25H36N4O3/c1-19-5-3-12-29(17-19)24(31)22-9-13-27(14-10-22)25(32)26-16-20-6-2-7-21(15-20)18-28-11-4-8-23(28)30/h2,6-7,15,19,22H,3-5,8-14,16-18H2,1H3,(H,26,32). The van der Waals surface area contributed by atoms with Crippen molar-refractivity contribution in [2.24, 2.45) is 11.8 Å². The molecule has 32 heavy (non-hydrogen) atoms. The molecular weight excluding hydrogens is 404 g/mol. The van der Waals surface area contributed by atoms with Gasteiger partial charge in [0.15, 0.2) is 0 Å². The fourth-order valence-electron chi connectivity index (χ4n) is 5.20. The fourth-order valence-corrected chi connectivity index (χ4v) is 5.20. The van der Waals surface area contributed by atoms with Gasteiger partial charge in [-0.05, 0) is 49.1 Å². The van der Waals surface area contributed by atoms with E-state index >= 15 is 0 Å². The maximum Gasteiger partial charge on any atom is 0.317 e. The predicted molar refractivity (Wildman–Crippen MR) is 123 cm³/mol. The Labute approximate surface area is 191 Å². The molecule has 0 spiro atoms. The number of nitrogens with one attached hydrogen (secondary N) is 1. The van der Waals surface area contributed by atoms with Crippen LogP contribution in [0.4, 0.5) is 4.79 Å². The lowest BCUT2D eigenvalue weighted by molar-refractivity contribution is -0.138. The Morgan fingerprint density at radius 2 is 1.78 bits per heavy atom. The van der Waals surface area contributed by atoms with Crippen molar-refractivity contribution in [3.63, 3.8) is 0 Å². The van der Waals surface area contributed by atoms with Gasteiger partial charge in [0, 0.05) is 58.2 Å². The van der Waals surface area contributed by atoms with Crippen LogP contribution in [0.3, 0.4) is 0 Å². The van der Waals surface area contributed by atoms with Gasteiger partial charge < -0.3 is 20.0 Å². The van der Waals surface area contributed by atoms with Crippen molar-refractivity contribution in [3.05, 3.63) is 35.4 Å². The van der Waals surface area contributed by atoms with Gasteiger partial charge in [0.25, 0.3) is 0 Å². The van der Waals surface area contributed by atoms with E-state index in [1.54, 1.807) is 0 Å². The van der Waals surface area contributed by atoms with E-state index in [0.717, 1.165) is 56.4 Å². The number of hydrogen-bond acceptors (Lipinski definition) is 3. The minimum absolute atomic E-state index is 0.0503. The van der Waals surface area contributed by atoms with Crippen molar-refractivity contribution in [1.29, 1.82) is 0 Å². The van der Waals surface area contributed by atoms with Gasteiger partial charge in [0.2, 0.25) is 11.8 Å². The number of rotatable bonds is 5. The summed E-state index contributed by atoms with van der Waals surface area (Å²) in [5.74, 6) is 1.15. The number of hydrogen-bond donors (Lipinski definition) is 1. The first kappa shape index (κ1) is 22.6. The second kappa shape index (κ2) is 10.4. The van der Waals surface area contributed by atoms with Crippen molar-refractivity contribution in [3.8, 4) is 0 Å². The van der Waals surface area contributed by atoms with Crippen molar-refractivity contribution < 1.29 is 14.4 Å². The van der Waals surface area contributed by atoms with E-state index in [1.807, 2.05) is 32.9 Å². The molecule has 7 nitrogen and oxygen atoms in total. The first-order valence-corrected chi connectivity index (χ1v) is 12.2. The molecule has 1 unspecified atom stereocenters. The zero-order chi connectivity index (χ0) is 22.5. The molecule has 0 radical (unpaired) electrons. The average molecular weight is 441 g/mol. The number of carbonyl (C=O) groups excluding carboxylic acids is 3. The Hall–Kier alpha value is -2.57. The summed E-state index contributed by atoms with van der Waals surface area (Å²) in [5, 5.41) is 3.02. The van der Waals surface area contributed by atoms with Crippen LogP contribution in [0.25, 0.3) is 0 Å². The molecule has 1 aromatic rings. The molecule has 3 aliphatic rings. The van der Waals surface area contributed by atoms with Gasteiger partial charge in [0.05, 0.1) is 0 Å². The molecule has 3 saturated heterocycles.